The molecule has 1 heterocycles. The van der Waals surface area contributed by atoms with Crippen LogP contribution >= 0.6 is 0 Å². The van der Waals surface area contributed by atoms with Crippen molar-refractivity contribution in [2.45, 2.75) is 6.92 Å². The summed E-state index contributed by atoms with van der Waals surface area (Å²) < 4.78 is 11.1. The molecule has 0 radical (unpaired) electrons. The van der Waals surface area contributed by atoms with Crippen molar-refractivity contribution in [2.24, 2.45) is 0 Å². The fourth-order valence-corrected chi connectivity index (χ4v) is 3.73. The zero-order valence-corrected chi connectivity index (χ0v) is 18.0. The summed E-state index contributed by atoms with van der Waals surface area (Å²) in [5, 5.41) is 4.74. The van der Waals surface area contributed by atoms with Gasteiger partial charge in [0.2, 0.25) is 0 Å². The lowest BCUT2D eigenvalue weighted by atomic mass is 10.0. The molecule has 1 saturated heterocycles. The SMILES string of the molecule is CCOc1ccc(/C=C(/NC(=O)c2ccccc2)C(=O)N2CCOCC2)c2ccccc12. The van der Waals surface area contributed by atoms with E-state index in [0.29, 0.717) is 38.5 Å². The predicted octanol–water partition coefficient (Wildman–Crippen LogP) is 3.87. The number of fused-ring (bicyclic) bond motifs is 1. The van der Waals surface area contributed by atoms with Crippen LogP contribution in [0.5, 0.6) is 5.75 Å². The lowest BCUT2D eigenvalue weighted by Crippen LogP contribution is -2.44. The van der Waals surface area contributed by atoms with Gasteiger partial charge in [-0.05, 0) is 42.1 Å². The number of carbonyl (C=O) groups excluding carboxylic acids is 2. The minimum Gasteiger partial charge on any atom is -0.493 e. The minimum atomic E-state index is -0.325. The van der Waals surface area contributed by atoms with Crippen LogP contribution in [-0.2, 0) is 9.53 Å². The number of morpholine rings is 1. The highest BCUT2D eigenvalue weighted by atomic mass is 16.5. The second-order valence-corrected chi connectivity index (χ2v) is 7.41. The Morgan fingerprint density at radius 2 is 1.66 bits per heavy atom. The van der Waals surface area contributed by atoms with Crippen LogP contribution in [0.2, 0.25) is 0 Å². The number of hydrogen-bond donors (Lipinski definition) is 1. The van der Waals surface area contributed by atoms with Gasteiger partial charge in [-0.15, -0.1) is 0 Å². The number of carbonyl (C=O) groups is 2. The van der Waals surface area contributed by atoms with Gasteiger partial charge in [0.05, 0.1) is 19.8 Å². The summed E-state index contributed by atoms with van der Waals surface area (Å²) in [7, 11) is 0. The van der Waals surface area contributed by atoms with Crippen molar-refractivity contribution in [1.29, 1.82) is 0 Å². The molecule has 2 amide bonds. The summed E-state index contributed by atoms with van der Waals surface area (Å²) in [5.41, 5.74) is 1.55. The molecule has 6 heteroatoms. The van der Waals surface area contributed by atoms with Gasteiger partial charge in [0, 0.05) is 24.0 Å². The maximum absolute atomic E-state index is 13.3. The van der Waals surface area contributed by atoms with Gasteiger partial charge in [0.1, 0.15) is 11.4 Å². The smallest absolute Gasteiger partial charge is 0.270 e. The average Bonchev–Trinajstić information content (AvgIpc) is 2.85. The lowest BCUT2D eigenvalue weighted by Gasteiger charge is -2.28. The monoisotopic (exact) mass is 430 g/mol. The zero-order chi connectivity index (χ0) is 22.3. The van der Waals surface area contributed by atoms with Gasteiger partial charge in [-0.25, -0.2) is 0 Å². The number of amides is 2. The van der Waals surface area contributed by atoms with Crippen molar-refractivity contribution < 1.29 is 19.1 Å². The Morgan fingerprint density at radius 3 is 2.38 bits per heavy atom. The van der Waals surface area contributed by atoms with Crippen LogP contribution in [-0.4, -0.2) is 49.6 Å². The molecule has 0 saturated carbocycles. The predicted molar refractivity (Wildman–Crippen MR) is 124 cm³/mol. The number of rotatable bonds is 6. The van der Waals surface area contributed by atoms with E-state index in [1.54, 1.807) is 35.2 Å². The summed E-state index contributed by atoms with van der Waals surface area (Å²) in [6.07, 6.45) is 1.75. The second kappa shape index (κ2) is 10.1. The third-order valence-corrected chi connectivity index (χ3v) is 5.33. The van der Waals surface area contributed by atoms with E-state index in [1.165, 1.54) is 0 Å². The molecule has 0 aromatic heterocycles. The molecule has 1 aliphatic heterocycles. The Morgan fingerprint density at radius 1 is 0.969 bits per heavy atom. The zero-order valence-electron chi connectivity index (χ0n) is 18.0. The molecule has 4 rings (SSSR count). The Bertz CT molecular complexity index is 1140. The molecular weight excluding hydrogens is 404 g/mol. The van der Waals surface area contributed by atoms with E-state index >= 15 is 0 Å². The molecule has 0 aliphatic carbocycles. The Hall–Kier alpha value is -3.64. The molecule has 1 fully saturated rings. The van der Waals surface area contributed by atoms with Gasteiger partial charge in [0.15, 0.2) is 0 Å². The van der Waals surface area contributed by atoms with Crippen LogP contribution in [0.15, 0.2) is 72.4 Å². The van der Waals surface area contributed by atoms with E-state index in [0.717, 1.165) is 22.1 Å². The number of nitrogens with zero attached hydrogens (tertiary/aromatic N) is 1. The molecule has 32 heavy (non-hydrogen) atoms. The molecule has 3 aromatic rings. The van der Waals surface area contributed by atoms with Crippen molar-refractivity contribution >= 4 is 28.7 Å². The molecule has 6 nitrogen and oxygen atoms in total. The standard InChI is InChI=1S/C26H26N2O4/c1-2-32-24-13-12-20(21-10-6-7-11-22(21)24)18-23(26(30)28-14-16-31-17-15-28)27-25(29)19-8-4-3-5-9-19/h3-13,18H,2,14-17H2,1H3,(H,27,29)/b23-18+. The van der Waals surface area contributed by atoms with E-state index in [2.05, 4.69) is 5.32 Å². The third-order valence-electron chi connectivity index (χ3n) is 5.33. The van der Waals surface area contributed by atoms with Crippen molar-refractivity contribution in [2.75, 3.05) is 32.9 Å². The summed E-state index contributed by atoms with van der Waals surface area (Å²) in [5.74, 6) is 0.235. The normalized spacial score (nSPS) is 14.3. The Kier molecular flexibility index (Phi) is 6.82. The van der Waals surface area contributed by atoms with E-state index < -0.39 is 0 Å². The van der Waals surface area contributed by atoms with E-state index in [-0.39, 0.29) is 17.5 Å². The number of nitrogens with one attached hydrogen (secondary N) is 1. The molecule has 3 aromatic carbocycles. The molecule has 164 valence electrons. The minimum absolute atomic E-state index is 0.226. The molecule has 0 spiro atoms. The van der Waals surface area contributed by atoms with Crippen molar-refractivity contribution in [1.82, 2.24) is 10.2 Å². The molecule has 1 N–H and O–H groups in total. The van der Waals surface area contributed by atoms with Gasteiger partial charge >= 0.3 is 0 Å². The molecule has 1 aliphatic rings. The molecule has 0 bridgehead atoms. The highest BCUT2D eigenvalue weighted by Gasteiger charge is 2.23. The number of ether oxygens (including phenoxy) is 2. The topological polar surface area (TPSA) is 67.9 Å². The average molecular weight is 431 g/mol. The summed E-state index contributed by atoms with van der Waals surface area (Å²) >= 11 is 0. The van der Waals surface area contributed by atoms with E-state index in [9.17, 15) is 9.59 Å². The first-order valence-corrected chi connectivity index (χ1v) is 10.8. The van der Waals surface area contributed by atoms with Crippen LogP contribution in [0.4, 0.5) is 0 Å². The first-order chi connectivity index (χ1) is 15.7. The van der Waals surface area contributed by atoms with Crippen LogP contribution in [0, 0.1) is 0 Å². The molecule has 0 atom stereocenters. The quantitative estimate of drug-likeness (QED) is 0.603. The number of hydrogen-bond acceptors (Lipinski definition) is 4. The summed E-state index contributed by atoms with van der Waals surface area (Å²) in [4.78, 5) is 27.9. The fraction of sp³-hybridized carbons (Fsp3) is 0.231. The van der Waals surface area contributed by atoms with Gasteiger partial charge in [-0.1, -0.05) is 48.5 Å². The van der Waals surface area contributed by atoms with Gasteiger partial charge < -0.3 is 19.7 Å². The largest absolute Gasteiger partial charge is 0.493 e. The summed E-state index contributed by atoms with van der Waals surface area (Å²) in [6.45, 7) is 4.45. The third kappa shape index (κ3) is 4.81. The van der Waals surface area contributed by atoms with Crippen LogP contribution < -0.4 is 10.1 Å². The lowest BCUT2D eigenvalue weighted by molar-refractivity contribution is -0.131. The van der Waals surface area contributed by atoms with Crippen LogP contribution in [0.3, 0.4) is 0 Å². The van der Waals surface area contributed by atoms with Gasteiger partial charge in [0.25, 0.3) is 11.8 Å². The second-order valence-electron chi connectivity index (χ2n) is 7.41. The molecule has 0 unspecified atom stereocenters. The maximum Gasteiger partial charge on any atom is 0.270 e. The van der Waals surface area contributed by atoms with Crippen molar-refractivity contribution in [3.63, 3.8) is 0 Å². The highest BCUT2D eigenvalue weighted by Crippen LogP contribution is 2.30. The van der Waals surface area contributed by atoms with E-state index in [1.807, 2.05) is 49.4 Å². The number of benzene rings is 3. The Balaban J connectivity index is 1.74. The first kappa shape index (κ1) is 21.6. The first-order valence-electron chi connectivity index (χ1n) is 10.8. The Labute approximate surface area is 187 Å². The van der Waals surface area contributed by atoms with Gasteiger partial charge in [-0.3, -0.25) is 9.59 Å². The van der Waals surface area contributed by atoms with E-state index in [4.69, 9.17) is 9.47 Å². The van der Waals surface area contributed by atoms with Crippen LogP contribution in [0.1, 0.15) is 22.8 Å². The van der Waals surface area contributed by atoms with Gasteiger partial charge in [-0.2, -0.15) is 0 Å². The molecular formula is C26H26N2O4. The van der Waals surface area contributed by atoms with Crippen LogP contribution in [0.25, 0.3) is 16.8 Å². The maximum atomic E-state index is 13.3. The highest BCUT2D eigenvalue weighted by molar-refractivity contribution is 6.07. The van der Waals surface area contributed by atoms with Crippen molar-refractivity contribution in [3.05, 3.63) is 83.6 Å². The fourth-order valence-electron chi connectivity index (χ4n) is 3.73. The summed E-state index contributed by atoms with van der Waals surface area (Å²) in [6, 6.07) is 20.6. The van der Waals surface area contributed by atoms with Crippen molar-refractivity contribution in [3.8, 4) is 5.75 Å².